The van der Waals surface area contributed by atoms with Gasteiger partial charge in [0.15, 0.2) is 11.5 Å². The van der Waals surface area contributed by atoms with Crippen LogP contribution in [-0.2, 0) is 6.42 Å². The summed E-state index contributed by atoms with van der Waals surface area (Å²) in [6, 6.07) is 18.6. The number of aromatic nitrogens is 2. The number of rotatable bonds is 3. The van der Waals surface area contributed by atoms with Crippen LogP contribution >= 0.6 is 15.9 Å². The van der Waals surface area contributed by atoms with Crippen LogP contribution < -0.4 is 10.2 Å². The van der Waals surface area contributed by atoms with Crippen molar-refractivity contribution in [3.8, 4) is 22.9 Å². The summed E-state index contributed by atoms with van der Waals surface area (Å²) in [6.45, 7) is 0.670. The normalized spacial score (nSPS) is 13.1. The van der Waals surface area contributed by atoms with Gasteiger partial charge < -0.3 is 14.2 Å². The summed E-state index contributed by atoms with van der Waals surface area (Å²) in [7, 11) is 0. The van der Waals surface area contributed by atoms with Gasteiger partial charge in [-0.25, -0.2) is 14.8 Å². The zero-order valence-corrected chi connectivity index (χ0v) is 19.6. The van der Waals surface area contributed by atoms with Gasteiger partial charge in [0.1, 0.15) is 11.4 Å². The van der Waals surface area contributed by atoms with E-state index in [-0.39, 0.29) is 6.03 Å². The van der Waals surface area contributed by atoms with Crippen LogP contribution in [0.2, 0.25) is 0 Å². The summed E-state index contributed by atoms with van der Waals surface area (Å²) < 4.78 is 12.2. The van der Waals surface area contributed by atoms with E-state index in [0.29, 0.717) is 46.2 Å². The molecule has 0 bridgehead atoms. The van der Waals surface area contributed by atoms with Crippen molar-refractivity contribution in [2.24, 2.45) is 0 Å². The van der Waals surface area contributed by atoms with Gasteiger partial charge in [-0.2, -0.15) is 0 Å². The van der Waals surface area contributed by atoms with Crippen LogP contribution in [0.5, 0.6) is 0 Å². The lowest BCUT2D eigenvalue weighted by atomic mass is 10.0. The molecule has 5 aromatic rings. The first-order valence-corrected chi connectivity index (χ1v) is 11.7. The molecule has 8 heteroatoms. The molecule has 1 N–H and O–H groups in total. The smallest absolute Gasteiger partial charge is 0.326 e. The number of benzene rings is 2. The molecule has 2 amide bonds. The zero-order chi connectivity index (χ0) is 23.1. The molecule has 7 nitrogen and oxygen atoms in total. The Morgan fingerprint density at radius 3 is 2.35 bits per heavy atom. The van der Waals surface area contributed by atoms with Gasteiger partial charge in [-0.15, -0.1) is 0 Å². The first kappa shape index (κ1) is 20.7. The van der Waals surface area contributed by atoms with Crippen molar-refractivity contribution in [1.82, 2.24) is 9.97 Å². The molecule has 4 heterocycles. The van der Waals surface area contributed by atoms with Crippen molar-refractivity contribution in [3.05, 3.63) is 83.2 Å². The second-order valence-electron chi connectivity index (χ2n) is 8.04. The number of nitrogens with one attached hydrogen (secondary N) is 1. The van der Waals surface area contributed by atoms with E-state index in [1.165, 1.54) is 0 Å². The first-order chi connectivity index (χ1) is 16.7. The Hall–Kier alpha value is -3.91. The minimum atomic E-state index is -0.172. The van der Waals surface area contributed by atoms with Crippen LogP contribution in [0.25, 0.3) is 33.9 Å². The summed E-state index contributed by atoms with van der Waals surface area (Å²) in [4.78, 5) is 24.5. The van der Waals surface area contributed by atoms with Crippen LogP contribution in [0.15, 0.2) is 86.5 Å². The maximum absolute atomic E-state index is 13.2. The Morgan fingerprint density at radius 2 is 1.65 bits per heavy atom. The van der Waals surface area contributed by atoms with Crippen molar-refractivity contribution in [2.45, 2.75) is 12.8 Å². The van der Waals surface area contributed by atoms with Crippen LogP contribution in [0.4, 0.5) is 16.2 Å². The summed E-state index contributed by atoms with van der Waals surface area (Å²) >= 11 is 3.52. The number of halogens is 1. The topological polar surface area (TPSA) is 84.4 Å². The summed E-state index contributed by atoms with van der Waals surface area (Å²) in [6.07, 6.45) is 5.07. The average Bonchev–Trinajstić information content (AvgIpc) is 3.57. The highest BCUT2D eigenvalue weighted by molar-refractivity contribution is 9.10. The standard InChI is InChI=1S/C26H19BrN4O3/c27-17-7-10-21-16(14-17)4-1-11-31(21)26(32)28-18-8-9-19-20(15-18)30-25(23-6-3-13-34-23)24(29-19)22-5-2-12-33-22/h2-3,5-10,12-15H,1,4,11H2,(H,28,32). The number of fused-ring (bicyclic) bond motifs is 2. The van der Waals surface area contributed by atoms with Gasteiger partial charge in [0.05, 0.1) is 23.6 Å². The molecule has 0 unspecified atom stereocenters. The number of hydrogen-bond donors (Lipinski definition) is 1. The van der Waals surface area contributed by atoms with Crippen LogP contribution in [-0.4, -0.2) is 22.5 Å². The van der Waals surface area contributed by atoms with E-state index < -0.39 is 0 Å². The van der Waals surface area contributed by atoms with Gasteiger partial charge in [0, 0.05) is 22.4 Å². The van der Waals surface area contributed by atoms with Crippen LogP contribution in [0.3, 0.4) is 0 Å². The molecule has 2 aromatic carbocycles. The number of hydrogen-bond acceptors (Lipinski definition) is 5. The van der Waals surface area contributed by atoms with Crippen molar-refractivity contribution in [3.63, 3.8) is 0 Å². The third-order valence-corrected chi connectivity index (χ3v) is 6.32. The van der Waals surface area contributed by atoms with E-state index >= 15 is 0 Å². The lowest BCUT2D eigenvalue weighted by Gasteiger charge is -2.29. The fourth-order valence-electron chi connectivity index (χ4n) is 4.27. The number of nitrogens with zero attached hydrogens (tertiary/aromatic N) is 3. The Labute approximate surface area is 203 Å². The van der Waals surface area contributed by atoms with E-state index in [1.807, 2.05) is 48.5 Å². The molecule has 0 atom stereocenters. The minimum Gasteiger partial charge on any atom is -0.463 e. The molecular formula is C26H19BrN4O3. The SMILES string of the molecule is O=C(Nc1ccc2nc(-c3ccco3)c(-c3ccco3)nc2c1)N1CCCc2cc(Br)ccc21. The summed E-state index contributed by atoms with van der Waals surface area (Å²) in [5, 5.41) is 3.02. The van der Waals surface area contributed by atoms with Gasteiger partial charge in [0.25, 0.3) is 0 Å². The quantitative estimate of drug-likeness (QED) is 0.283. The lowest BCUT2D eigenvalue weighted by Crippen LogP contribution is -2.38. The number of carbonyl (C=O) groups excluding carboxylic acids is 1. The molecule has 6 rings (SSSR count). The Kier molecular flexibility index (Phi) is 5.15. The number of amides is 2. The highest BCUT2D eigenvalue weighted by Gasteiger charge is 2.23. The van der Waals surface area contributed by atoms with E-state index in [1.54, 1.807) is 23.5 Å². The number of furan rings is 2. The predicted octanol–water partition coefficient (Wildman–Crippen LogP) is 6.90. The molecule has 168 valence electrons. The second kappa shape index (κ2) is 8.46. The van der Waals surface area contributed by atoms with Gasteiger partial charge in [0.2, 0.25) is 0 Å². The largest absolute Gasteiger partial charge is 0.463 e. The van der Waals surface area contributed by atoms with Crippen LogP contribution in [0, 0.1) is 0 Å². The fourth-order valence-corrected chi connectivity index (χ4v) is 4.68. The molecule has 0 radical (unpaired) electrons. The van der Waals surface area contributed by atoms with E-state index in [2.05, 4.69) is 27.3 Å². The maximum Gasteiger partial charge on any atom is 0.326 e. The molecule has 34 heavy (non-hydrogen) atoms. The van der Waals surface area contributed by atoms with Gasteiger partial charge in [-0.1, -0.05) is 15.9 Å². The molecule has 3 aromatic heterocycles. The molecule has 0 saturated carbocycles. The molecule has 1 aliphatic heterocycles. The highest BCUT2D eigenvalue weighted by atomic mass is 79.9. The van der Waals surface area contributed by atoms with Crippen molar-refractivity contribution >= 4 is 44.4 Å². The Bertz CT molecular complexity index is 1500. The minimum absolute atomic E-state index is 0.172. The van der Waals surface area contributed by atoms with E-state index in [9.17, 15) is 4.79 Å². The monoisotopic (exact) mass is 514 g/mol. The second-order valence-corrected chi connectivity index (χ2v) is 8.95. The van der Waals surface area contributed by atoms with Crippen molar-refractivity contribution < 1.29 is 13.6 Å². The molecule has 0 fully saturated rings. The Morgan fingerprint density at radius 1 is 0.912 bits per heavy atom. The lowest BCUT2D eigenvalue weighted by molar-refractivity contribution is 0.256. The van der Waals surface area contributed by atoms with Gasteiger partial charge >= 0.3 is 6.03 Å². The maximum atomic E-state index is 13.2. The van der Waals surface area contributed by atoms with Crippen LogP contribution in [0.1, 0.15) is 12.0 Å². The molecule has 1 aliphatic rings. The fraction of sp³-hybridized carbons (Fsp3) is 0.115. The Balaban J connectivity index is 1.35. The van der Waals surface area contributed by atoms with E-state index in [0.717, 1.165) is 28.6 Å². The van der Waals surface area contributed by atoms with E-state index in [4.69, 9.17) is 18.8 Å². The van der Waals surface area contributed by atoms with Crippen molar-refractivity contribution in [2.75, 3.05) is 16.8 Å². The average molecular weight is 515 g/mol. The predicted molar refractivity (Wildman–Crippen MR) is 134 cm³/mol. The number of urea groups is 1. The van der Waals surface area contributed by atoms with Gasteiger partial charge in [-0.05, 0) is 79.1 Å². The number of aryl methyl sites for hydroxylation is 1. The number of carbonyl (C=O) groups is 1. The van der Waals surface area contributed by atoms with Gasteiger partial charge in [-0.3, -0.25) is 4.90 Å². The summed E-state index contributed by atoms with van der Waals surface area (Å²) in [5.41, 5.74) is 5.25. The van der Waals surface area contributed by atoms with Crippen molar-refractivity contribution in [1.29, 1.82) is 0 Å². The third kappa shape index (κ3) is 3.76. The molecule has 0 aliphatic carbocycles. The molecular weight excluding hydrogens is 496 g/mol. The third-order valence-electron chi connectivity index (χ3n) is 5.83. The number of anilines is 2. The first-order valence-electron chi connectivity index (χ1n) is 10.9. The molecule has 0 spiro atoms. The summed E-state index contributed by atoms with van der Waals surface area (Å²) in [5.74, 6) is 1.19. The highest BCUT2D eigenvalue weighted by Crippen LogP contribution is 2.33. The molecule has 0 saturated heterocycles. The zero-order valence-electron chi connectivity index (χ0n) is 18.0.